The molecule has 0 bridgehead atoms. The number of benzene rings is 1. The van der Waals surface area contributed by atoms with Gasteiger partial charge in [-0.25, -0.2) is 0 Å². The van der Waals surface area contributed by atoms with Crippen molar-refractivity contribution in [3.8, 4) is 0 Å². The van der Waals surface area contributed by atoms with Crippen molar-refractivity contribution in [1.29, 1.82) is 0 Å². The van der Waals surface area contributed by atoms with E-state index in [4.69, 9.17) is 5.73 Å². The first kappa shape index (κ1) is 12.3. The highest BCUT2D eigenvalue weighted by Crippen LogP contribution is 2.20. The van der Waals surface area contributed by atoms with Crippen LogP contribution in [0.15, 0.2) is 18.2 Å². The predicted octanol–water partition coefficient (Wildman–Crippen LogP) is 3.74. The lowest BCUT2D eigenvalue weighted by Gasteiger charge is -2.14. The molecule has 0 amide bonds. The fourth-order valence-electron chi connectivity index (χ4n) is 1.67. The van der Waals surface area contributed by atoms with E-state index in [0.29, 0.717) is 0 Å². The van der Waals surface area contributed by atoms with Crippen LogP contribution in [0.5, 0.6) is 0 Å². The molecular formula is C14H23N. The van der Waals surface area contributed by atoms with Gasteiger partial charge in [-0.2, -0.15) is 0 Å². The highest BCUT2D eigenvalue weighted by molar-refractivity contribution is 5.31. The van der Waals surface area contributed by atoms with Gasteiger partial charge in [-0.15, -0.1) is 0 Å². The zero-order valence-corrected chi connectivity index (χ0v) is 10.4. The summed E-state index contributed by atoms with van der Waals surface area (Å²) < 4.78 is 0. The number of hydrogen-bond donors (Lipinski definition) is 1. The summed E-state index contributed by atoms with van der Waals surface area (Å²) in [4.78, 5) is 0. The van der Waals surface area contributed by atoms with Crippen LogP contribution in [0.1, 0.15) is 49.4 Å². The Balaban J connectivity index is 2.65. The van der Waals surface area contributed by atoms with Gasteiger partial charge in [0.15, 0.2) is 0 Å². The maximum absolute atomic E-state index is 6.16. The summed E-state index contributed by atoms with van der Waals surface area (Å²) in [6, 6.07) is 6.75. The average Bonchev–Trinajstić information content (AvgIpc) is 2.18. The standard InChI is InChI=1S/C14H23N/c1-10(2)5-8-14(15)13-7-6-11(3)12(4)9-13/h6-7,9-10,14H,5,8,15H2,1-4H3. The van der Waals surface area contributed by atoms with E-state index in [2.05, 4.69) is 45.9 Å². The molecule has 0 spiro atoms. The summed E-state index contributed by atoms with van der Waals surface area (Å²) in [6.07, 6.45) is 2.29. The van der Waals surface area contributed by atoms with E-state index in [1.807, 2.05) is 0 Å². The lowest BCUT2D eigenvalue weighted by Crippen LogP contribution is -2.11. The van der Waals surface area contributed by atoms with Crippen molar-refractivity contribution < 1.29 is 0 Å². The third kappa shape index (κ3) is 3.67. The van der Waals surface area contributed by atoms with E-state index in [0.717, 1.165) is 12.3 Å². The molecule has 0 saturated carbocycles. The van der Waals surface area contributed by atoms with Crippen molar-refractivity contribution >= 4 is 0 Å². The third-order valence-electron chi connectivity index (χ3n) is 3.01. The van der Waals surface area contributed by atoms with Gasteiger partial charge in [-0.1, -0.05) is 32.0 Å². The molecule has 15 heavy (non-hydrogen) atoms. The number of rotatable bonds is 4. The van der Waals surface area contributed by atoms with E-state index in [-0.39, 0.29) is 6.04 Å². The van der Waals surface area contributed by atoms with Crippen LogP contribution in [0.2, 0.25) is 0 Å². The smallest absolute Gasteiger partial charge is 0.0295 e. The molecule has 0 heterocycles. The molecule has 0 saturated heterocycles. The summed E-state index contributed by atoms with van der Waals surface area (Å²) in [7, 11) is 0. The van der Waals surface area contributed by atoms with Gasteiger partial charge in [0.05, 0.1) is 0 Å². The molecule has 84 valence electrons. The van der Waals surface area contributed by atoms with Crippen molar-refractivity contribution in [2.45, 2.75) is 46.6 Å². The monoisotopic (exact) mass is 205 g/mol. The average molecular weight is 205 g/mol. The molecule has 1 heteroatoms. The molecular weight excluding hydrogens is 182 g/mol. The predicted molar refractivity (Wildman–Crippen MR) is 66.9 cm³/mol. The van der Waals surface area contributed by atoms with E-state index in [9.17, 15) is 0 Å². The van der Waals surface area contributed by atoms with Crippen molar-refractivity contribution in [3.05, 3.63) is 34.9 Å². The zero-order chi connectivity index (χ0) is 11.4. The fourth-order valence-corrected chi connectivity index (χ4v) is 1.67. The first-order chi connectivity index (χ1) is 7.00. The van der Waals surface area contributed by atoms with Crippen LogP contribution in [0.4, 0.5) is 0 Å². The van der Waals surface area contributed by atoms with E-state index < -0.39 is 0 Å². The Hall–Kier alpha value is -0.820. The second-order valence-electron chi connectivity index (χ2n) is 4.92. The third-order valence-corrected chi connectivity index (χ3v) is 3.01. The van der Waals surface area contributed by atoms with Crippen molar-refractivity contribution in [1.82, 2.24) is 0 Å². The molecule has 0 radical (unpaired) electrons. The van der Waals surface area contributed by atoms with Gasteiger partial charge in [-0.3, -0.25) is 0 Å². The van der Waals surface area contributed by atoms with Crippen molar-refractivity contribution in [2.75, 3.05) is 0 Å². The van der Waals surface area contributed by atoms with Crippen LogP contribution in [-0.2, 0) is 0 Å². The molecule has 2 N–H and O–H groups in total. The molecule has 0 aliphatic rings. The topological polar surface area (TPSA) is 26.0 Å². The Labute approximate surface area is 93.7 Å². The number of hydrogen-bond acceptors (Lipinski definition) is 1. The van der Waals surface area contributed by atoms with Crippen LogP contribution in [0, 0.1) is 19.8 Å². The molecule has 0 aliphatic carbocycles. The minimum absolute atomic E-state index is 0.201. The van der Waals surface area contributed by atoms with Crippen LogP contribution in [-0.4, -0.2) is 0 Å². The second kappa shape index (κ2) is 5.32. The van der Waals surface area contributed by atoms with Crippen molar-refractivity contribution in [2.24, 2.45) is 11.7 Å². The summed E-state index contributed by atoms with van der Waals surface area (Å²) in [5.74, 6) is 0.739. The molecule has 0 aliphatic heterocycles. The highest BCUT2D eigenvalue weighted by atomic mass is 14.6. The molecule has 1 aromatic carbocycles. The summed E-state index contributed by atoms with van der Waals surface area (Å²) in [5, 5.41) is 0. The van der Waals surface area contributed by atoms with Crippen LogP contribution in [0.3, 0.4) is 0 Å². The molecule has 1 unspecified atom stereocenters. The summed E-state index contributed by atoms with van der Waals surface area (Å²) in [6.45, 7) is 8.77. The van der Waals surface area contributed by atoms with Crippen molar-refractivity contribution in [3.63, 3.8) is 0 Å². The van der Waals surface area contributed by atoms with Crippen LogP contribution < -0.4 is 5.73 Å². The maximum atomic E-state index is 6.16. The lowest BCUT2D eigenvalue weighted by molar-refractivity contribution is 0.507. The van der Waals surface area contributed by atoms with E-state index in [1.54, 1.807) is 0 Å². The first-order valence-electron chi connectivity index (χ1n) is 5.83. The Bertz CT molecular complexity index is 315. The number of nitrogens with two attached hydrogens (primary N) is 1. The quantitative estimate of drug-likeness (QED) is 0.796. The zero-order valence-electron chi connectivity index (χ0n) is 10.4. The highest BCUT2D eigenvalue weighted by Gasteiger charge is 2.07. The van der Waals surface area contributed by atoms with Gasteiger partial charge < -0.3 is 5.73 Å². The summed E-state index contributed by atoms with van der Waals surface area (Å²) in [5.41, 5.74) is 10.1. The minimum Gasteiger partial charge on any atom is -0.324 e. The largest absolute Gasteiger partial charge is 0.324 e. The molecule has 1 aromatic rings. The Morgan fingerprint density at radius 2 is 1.73 bits per heavy atom. The summed E-state index contributed by atoms with van der Waals surface area (Å²) >= 11 is 0. The van der Waals surface area contributed by atoms with Crippen LogP contribution >= 0.6 is 0 Å². The Morgan fingerprint density at radius 1 is 1.07 bits per heavy atom. The normalized spacial score (nSPS) is 13.2. The number of aryl methyl sites for hydroxylation is 2. The molecule has 1 rings (SSSR count). The molecule has 0 fully saturated rings. The SMILES string of the molecule is Cc1ccc(C(N)CCC(C)C)cc1C. The van der Waals surface area contributed by atoms with Gasteiger partial charge >= 0.3 is 0 Å². The van der Waals surface area contributed by atoms with Gasteiger partial charge in [0.2, 0.25) is 0 Å². The molecule has 1 atom stereocenters. The first-order valence-corrected chi connectivity index (χ1v) is 5.83. The van der Waals surface area contributed by atoms with Crippen LogP contribution in [0.25, 0.3) is 0 Å². The minimum atomic E-state index is 0.201. The maximum Gasteiger partial charge on any atom is 0.0295 e. The fraction of sp³-hybridized carbons (Fsp3) is 0.571. The molecule has 0 aromatic heterocycles. The van der Waals surface area contributed by atoms with Gasteiger partial charge in [-0.05, 0) is 49.3 Å². The van der Waals surface area contributed by atoms with E-state index >= 15 is 0 Å². The second-order valence-corrected chi connectivity index (χ2v) is 4.92. The molecule has 1 nitrogen and oxygen atoms in total. The van der Waals surface area contributed by atoms with Gasteiger partial charge in [0.25, 0.3) is 0 Å². The van der Waals surface area contributed by atoms with Gasteiger partial charge in [0.1, 0.15) is 0 Å². The van der Waals surface area contributed by atoms with E-state index in [1.165, 1.54) is 23.1 Å². The Morgan fingerprint density at radius 3 is 2.27 bits per heavy atom. The Kier molecular flexibility index (Phi) is 4.34. The van der Waals surface area contributed by atoms with Gasteiger partial charge in [0, 0.05) is 6.04 Å². The lowest BCUT2D eigenvalue weighted by atomic mass is 9.96.